The van der Waals surface area contributed by atoms with Crippen molar-refractivity contribution < 1.29 is 4.74 Å². The predicted octanol–water partition coefficient (Wildman–Crippen LogP) is 2.18. The van der Waals surface area contributed by atoms with Crippen molar-refractivity contribution in [3.05, 3.63) is 29.6 Å². The second kappa shape index (κ2) is 7.17. The fourth-order valence-corrected chi connectivity index (χ4v) is 0.708. The molecule has 0 amide bonds. The highest BCUT2D eigenvalue weighted by atomic mass is 16.5. The van der Waals surface area contributed by atoms with E-state index in [1.807, 2.05) is 25.3 Å². The minimum absolute atomic E-state index is 1.08. The molecule has 0 unspecified atom stereocenters. The van der Waals surface area contributed by atoms with Crippen LogP contribution >= 0.6 is 0 Å². The van der Waals surface area contributed by atoms with Gasteiger partial charge in [-0.25, -0.2) is 0 Å². The lowest BCUT2D eigenvalue weighted by molar-refractivity contribution is 0.373. The van der Waals surface area contributed by atoms with Gasteiger partial charge in [-0.1, -0.05) is 19.4 Å². The van der Waals surface area contributed by atoms with Crippen LogP contribution in [0.1, 0.15) is 18.2 Å². The lowest BCUT2D eigenvalue weighted by Gasteiger charge is -1.93. The monoisotopic (exact) mass is 177 g/mol. The predicted molar refractivity (Wildman–Crippen MR) is 54.2 cm³/mol. The Bertz CT molecular complexity index is 258. The number of terminal acetylenes is 1. The molecule has 1 heterocycles. The van der Waals surface area contributed by atoms with E-state index < -0.39 is 0 Å². The smallest absolute Gasteiger partial charge is 0.106 e. The molecule has 2 heteroatoms. The number of hydrogen-bond donors (Lipinski definition) is 0. The Balaban J connectivity index is 0.000000310. The number of aryl methyl sites for hydroxylation is 2. The number of methoxy groups -OCH3 is 1. The molecule has 0 spiro atoms. The number of ether oxygens (including phenoxy) is 1. The van der Waals surface area contributed by atoms with Gasteiger partial charge >= 0.3 is 0 Å². The summed E-state index contributed by atoms with van der Waals surface area (Å²) in [6, 6.07) is 4.15. The highest BCUT2D eigenvalue weighted by Crippen LogP contribution is 1.98. The molecular weight excluding hydrogens is 162 g/mol. The number of nitrogens with zero attached hydrogens (tertiary/aromatic N) is 1. The SMILES string of the molecule is C#COC.CCc1ccc(C)nc1. The molecule has 0 aliphatic rings. The molecule has 0 N–H and O–H groups in total. The molecule has 0 aliphatic heterocycles. The lowest BCUT2D eigenvalue weighted by Crippen LogP contribution is -1.83. The van der Waals surface area contributed by atoms with Crippen molar-refractivity contribution >= 4 is 0 Å². The normalized spacial score (nSPS) is 7.85. The Morgan fingerprint density at radius 1 is 1.54 bits per heavy atom. The second-order valence-electron chi connectivity index (χ2n) is 2.48. The minimum atomic E-state index is 1.08. The van der Waals surface area contributed by atoms with Crippen molar-refractivity contribution in [2.24, 2.45) is 0 Å². The summed E-state index contributed by atoms with van der Waals surface area (Å²) in [5.41, 5.74) is 2.40. The van der Waals surface area contributed by atoms with Crippen molar-refractivity contribution in [3.63, 3.8) is 0 Å². The van der Waals surface area contributed by atoms with E-state index in [1.165, 1.54) is 12.7 Å². The van der Waals surface area contributed by atoms with Crippen LogP contribution in [0.3, 0.4) is 0 Å². The van der Waals surface area contributed by atoms with E-state index in [2.05, 4.69) is 29.1 Å². The van der Waals surface area contributed by atoms with E-state index in [9.17, 15) is 0 Å². The third-order valence-corrected chi connectivity index (χ3v) is 1.50. The number of hydrogen-bond acceptors (Lipinski definition) is 2. The second-order valence-corrected chi connectivity index (χ2v) is 2.48. The standard InChI is InChI=1S/C8H11N.C3H4O/c1-3-8-5-4-7(2)9-6-8;1-3-4-2/h4-6H,3H2,1-2H3;1H,2H3. The molecule has 0 atom stereocenters. The van der Waals surface area contributed by atoms with Gasteiger partial charge in [0.25, 0.3) is 0 Å². The van der Waals surface area contributed by atoms with Crippen LogP contribution in [0.15, 0.2) is 18.3 Å². The Labute approximate surface area is 80.0 Å². The average molecular weight is 177 g/mol. The van der Waals surface area contributed by atoms with Gasteiger partial charge in [-0.2, -0.15) is 0 Å². The molecule has 70 valence electrons. The largest absolute Gasteiger partial charge is 0.450 e. The van der Waals surface area contributed by atoms with Crippen LogP contribution in [-0.2, 0) is 11.2 Å². The maximum Gasteiger partial charge on any atom is 0.106 e. The molecule has 0 saturated heterocycles. The van der Waals surface area contributed by atoms with E-state index in [0.717, 1.165) is 12.1 Å². The van der Waals surface area contributed by atoms with Crippen molar-refractivity contribution in [1.29, 1.82) is 0 Å². The van der Waals surface area contributed by atoms with Crippen molar-refractivity contribution in [2.75, 3.05) is 7.11 Å². The van der Waals surface area contributed by atoms with E-state index in [1.54, 1.807) is 0 Å². The zero-order valence-electron chi connectivity index (χ0n) is 8.37. The summed E-state index contributed by atoms with van der Waals surface area (Å²) in [7, 11) is 1.44. The molecule has 13 heavy (non-hydrogen) atoms. The number of aromatic nitrogens is 1. The zero-order chi connectivity index (χ0) is 10.1. The molecule has 2 nitrogen and oxygen atoms in total. The van der Waals surface area contributed by atoms with Gasteiger partial charge in [-0.3, -0.25) is 4.98 Å². The Morgan fingerprint density at radius 2 is 2.15 bits per heavy atom. The molecule has 1 aromatic rings. The zero-order valence-corrected chi connectivity index (χ0v) is 8.37. The van der Waals surface area contributed by atoms with E-state index in [-0.39, 0.29) is 0 Å². The third-order valence-electron chi connectivity index (χ3n) is 1.50. The fraction of sp³-hybridized carbons (Fsp3) is 0.364. The number of rotatable bonds is 1. The summed E-state index contributed by atoms with van der Waals surface area (Å²) in [6.45, 7) is 4.13. The highest BCUT2D eigenvalue weighted by Gasteiger charge is 1.86. The molecule has 0 fully saturated rings. The van der Waals surface area contributed by atoms with Gasteiger partial charge in [0, 0.05) is 11.9 Å². The summed E-state index contributed by atoms with van der Waals surface area (Å²) in [5.74, 6) is 0. The molecule has 1 rings (SSSR count). The van der Waals surface area contributed by atoms with Crippen molar-refractivity contribution in [1.82, 2.24) is 4.98 Å². The summed E-state index contributed by atoms with van der Waals surface area (Å²) < 4.78 is 4.07. The maximum atomic E-state index is 4.56. The molecule has 0 aliphatic carbocycles. The highest BCUT2D eigenvalue weighted by molar-refractivity contribution is 5.12. The van der Waals surface area contributed by atoms with Crippen molar-refractivity contribution in [2.45, 2.75) is 20.3 Å². The first-order valence-corrected chi connectivity index (χ1v) is 4.14. The summed E-state index contributed by atoms with van der Waals surface area (Å²) >= 11 is 0. The number of pyridine rings is 1. The molecule has 0 saturated carbocycles. The molecule has 0 bridgehead atoms. The third kappa shape index (κ3) is 5.75. The van der Waals surface area contributed by atoms with Crippen LogP contribution in [0.4, 0.5) is 0 Å². The van der Waals surface area contributed by atoms with Crippen LogP contribution in [0, 0.1) is 19.5 Å². The van der Waals surface area contributed by atoms with Crippen LogP contribution in [0.25, 0.3) is 0 Å². The molecule has 0 radical (unpaired) electrons. The van der Waals surface area contributed by atoms with Gasteiger partial charge in [0.2, 0.25) is 0 Å². The fourth-order valence-electron chi connectivity index (χ4n) is 0.708. The van der Waals surface area contributed by atoms with Gasteiger partial charge in [0.05, 0.1) is 7.11 Å². The maximum absolute atomic E-state index is 4.56. The first-order valence-electron chi connectivity index (χ1n) is 4.14. The first-order chi connectivity index (χ1) is 6.24. The van der Waals surface area contributed by atoms with Crippen LogP contribution in [-0.4, -0.2) is 12.1 Å². The van der Waals surface area contributed by atoms with Gasteiger partial charge in [-0.15, -0.1) is 0 Å². The summed E-state index contributed by atoms with van der Waals surface area (Å²) in [5, 5.41) is 0. The van der Waals surface area contributed by atoms with Crippen molar-refractivity contribution in [3.8, 4) is 12.5 Å². The van der Waals surface area contributed by atoms with Crippen LogP contribution in [0.2, 0.25) is 0 Å². The van der Waals surface area contributed by atoms with Gasteiger partial charge in [0.15, 0.2) is 0 Å². The summed E-state index contributed by atoms with van der Waals surface area (Å²) in [6.07, 6.45) is 9.49. The van der Waals surface area contributed by atoms with E-state index in [4.69, 9.17) is 0 Å². The molecule has 1 aromatic heterocycles. The Hall–Kier alpha value is -1.49. The Kier molecular flexibility index (Phi) is 6.35. The average Bonchev–Trinajstić information content (AvgIpc) is 2.19. The Morgan fingerprint density at radius 3 is 2.46 bits per heavy atom. The van der Waals surface area contributed by atoms with Crippen LogP contribution < -0.4 is 0 Å². The van der Waals surface area contributed by atoms with E-state index in [0.29, 0.717) is 0 Å². The molecular formula is C11H15NO. The van der Waals surface area contributed by atoms with Gasteiger partial charge in [0.1, 0.15) is 6.11 Å². The minimum Gasteiger partial charge on any atom is -0.450 e. The van der Waals surface area contributed by atoms with E-state index >= 15 is 0 Å². The van der Waals surface area contributed by atoms with Gasteiger partial charge in [-0.05, 0) is 25.0 Å². The van der Waals surface area contributed by atoms with Crippen LogP contribution in [0.5, 0.6) is 0 Å². The topological polar surface area (TPSA) is 22.1 Å². The summed E-state index contributed by atoms with van der Waals surface area (Å²) in [4.78, 5) is 4.15. The lowest BCUT2D eigenvalue weighted by atomic mass is 10.2. The quantitative estimate of drug-likeness (QED) is 0.613. The molecule has 0 aromatic carbocycles. The van der Waals surface area contributed by atoms with Gasteiger partial charge < -0.3 is 4.74 Å². The first kappa shape index (κ1) is 11.5.